The van der Waals surface area contributed by atoms with Crippen LogP contribution in [0.4, 0.5) is 5.95 Å². The summed E-state index contributed by atoms with van der Waals surface area (Å²) in [6.07, 6.45) is 7.29. The van der Waals surface area contributed by atoms with E-state index in [1.807, 2.05) is 23.0 Å². The fourth-order valence-corrected chi connectivity index (χ4v) is 3.19. The second kappa shape index (κ2) is 8.51. The molecule has 0 saturated carbocycles. The summed E-state index contributed by atoms with van der Waals surface area (Å²) in [7, 11) is 0. The van der Waals surface area contributed by atoms with Gasteiger partial charge in [0.1, 0.15) is 0 Å². The lowest BCUT2D eigenvalue weighted by Crippen LogP contribution is -2.51. The summed E-state index contributed by atoms with van der Waals surface area (Å²) in [5.74, 6) is 1.36. The topological polar surface area (TPSA) is 88.5 Å². The number of benzene rings is 1. The van der Waals surface area contributed by atoms with Crippen molar-refractivity contribution in [3.05, 3.63) is 72.3 Å². The van der Waals surface area contributed by atoms with Crippen molar-refractivity contribution in [2.45, 2.75) is 13.1 Å². The monoisotopic (exact) mass is 376 g/mol. The van der Waals surface area contributed by atoms with E-state index in [9.17, 15) is 0 Å². The third kappa shape index (κ3) is 4.46. The largest absolute Gasteiger partial charge is 0.370 e. The highest BCUT2D eigenvalue weighted by Gasteiger charge is 2.19. The van der Waals surface area contributed by atoms with Gasteiger partial charge in [-0.1, -0.05) is 24.3 Å². The van der Waals surface area contributed by atoms with Crippen LogP contribution in [-0.2, 0) is 13.1 Å². The molecule has 0 amide bonds. The van der Waals surface area contributed by atoms with E-state index in [2.05, 4.69) is 54.1 Å². The van der Waals surface area contributed by atoms with Crippen molar-refractivity contribution >= 4 is 11.9 Å². The van der Waals surface area contributed by atoms with Crippen molar-refractivity contribution in [3.8, 4) is 0 Å². The molecule has 1 aliphatic rings. The van der Waals surface area contributed by atoms with Gasteiger partial charge in [0.2, 0.25) is 5.95 Å². The van der Waals surface area contributed by atoms with Crippen molar-refractivity contribution in [3.63, 3.8) is 0 Å². The Balaban J connectivity index is 1.29. The van der Waals surface area contributed by atoms with Crippen molar-refractivity contribution in [1.29, 1.82) is 0 Å². The van der Waals surface area contributed by atoms with E-state index in [1.54, 1.807) is 18.6 Å². The number of nitrogens with zero attached hydrogens (tertiary/aromatic N) is 7. The number of nitrogens with two attached hydrogens (primary N) is 1. The molecule has 0 unspecified atom stereocenters. The first kappa shape index (κ1) is 18.0. The van der Waals surface area contributed by atoms with Crippen LogP contribution >= 0.6 is 0 Å². The molecule has 3 aromatic rings. The van der Waals surface area contributed by atoms with Gasteiger partial charge in [-0.25, -0.2) is 15.0 Å². The van der Waals surface area contributed by atoms with Crippen LogP contribution in [0.5, 0.6) is 0 Å². The van der Waals surface area contributed by atoms with Gasteiger partial charge < -0.3 is 15.5 Å². The van der Waals surface area contributed by atoms with Crippen LogP contribution in [0.3, 0.4) is 0 Å². The average Bonchev–Trinajstić information content (AvgIpc) is 3.27. The Labute approximate surface area is 164 Å². The van der Waals surface area contributed by atoms with Crippen molar-refractivity contribution in [2.75, 3.05) is 31.1 Å². The Bertz CT molecular complexity index is 882. The zero-order valence-corrected chi connectivity index (χ0v) is 15.7. The van der Waals surface area contributed by atoms with Gasteiger partial charge in [0.15, 0.2) is 5.96 Å². The number of piperazine rings is 1. The summed E-state index contributed by atoms with van der Waals surface area (Å²) < 4.78 is 1.91. The summed E-state index contributed by atoms with van der Waals surface area (Å²) in [5, 5.41) is 4.23. The lowest BCUT2D eigenvalue weighted by Gasteiger charge is -2.35. The predicted molar refractivity (Wildman–Crippen MR) is 109 cm³/mol. The highest BCUT2D eigenvalue weighted by Crippen LogP contribution is 2.11. The SMILES string of the molecule is NC(=NCc1ccc(Cn2cccn2)cc1)N1CCN(c2ncccn2)CC1. The van der Waals surface area contributed by atoms with Crippen LogP contribution in [0.1, 0.15) is 11.1 Å². The fraction of sp³-hybridized carbons (Fsp3) is 0.300. The molecule has 2 aromatic heterocycles. The van der Waals surface area contributed by atoms with E-state index in [0.29, 0.717) is 12.5 Å². The van der Waals surface area contributed by atoms with Gasteiger partial charge in [-0.2, -0.15) is 5.10 Å². The van der Waals surface area contributed by atoms with Crippen molar-refractivity contribution in [2.24, 2.45) is 10.7 Å². The summed E-state index contributed by atoms with van der Waals surface area (Å²) in [6.45, 7) is 4.65. The van der Waals surface area contributed by atoms with E-state index in [1.165, 1.54) is 5.56 Å². The molecule has 0 spiro atoms. The second-order valence-electron chi connectivity index (χ2n) is 6.72. The fourth-order valence-electron chi connectivity index (χ4n) is 3.19. The van der Waals surface area contributed by atoms with E-state index in [-0.39, 0.29) is 0 Å². The zero-order chi connectivity index (χ0) is 19.2. The first-order chi connectivity index (χ1) is 13.8. The quantitative estimate of drug-likeness (QED) is 0.534. The summed E-state index contributed by atoms with van der Waals surface area (Å²) >= 11 is 0. The normalized spacial score (nSPS) is 15.1. The van der Waals surface area contributed by atoms with E-state index >= 15 is 0 Å². The van der Waals surface area contributed by atoms with Crippen LogP contribution in [-0.4, -0.2) is 56.8 Å². The molecule has 1 saturated heterocycles. The third-order valence-electron chi connectivity index (χ3n) is 4.79. The Morgan fingerprint density at radius 1 is 0.929 bits per heavy atom. The molecule has 4 rings (SSSR count). The third-order valence-corrected chi connectivity index (χ3v) is 4.79. The van der Waals surface area contributed by atoms with Gasteiger partial charge in [0.25, 0.3) is 0 Å². The van der Waals surface area contributed by atoms with Gasteiger partial charge in [0, 0.05) is 51.0 Å². The Morgan fingerprint density at radius 2 is 1.64 bits per heavy atom. The number of guanidine groups is 1. The highest BCUT2D eigenvalue weighted by atomic mass is 15.4. The van der Waals surface area contributed by atoms with Crippen LogP contribution < -0.4 is 10.6 Å². The molecule has 1 aromatic carbocycles. The molecule has 0 atom stereocenters. The van der Waals surface area contributed by atoms with E-state index in [4.69, 9.17) is 5.73 Å². The number of rotatable bonds is 5. The molecule has 3 heterocycles. The van der Waals surface area contributed by atoms with Gasteiger partial charge >= 0.3 is 0 Å². The second-order valence-corrected chi connectivity index (χ2v) is 6.72. The Kier molecular flexibility index (Phi) is 5.46. The number of aliphatic imine (C=N–C) groups is 1. The first-order valence-corrected chi connectivity index (χ1v) is 9.40. The minimum atomic E-state index is 0.579. The van der Waals surface area contributed by atoms with E-state index < -0.39 is 0 Å². The highest BCUT2D eigenvalue weighted by molar-refractivity contribution is 5.78. The molecular weight excluding hydrogens is 352 g/mol. The minimum Gasteiger partial charge on any atom is -0.370 e. The van der Waals surface area contributed by atoms with Gasteiger partial charge in [-0.3, -0.25) is 4.68 Å². The van der Waals surface area contributed by atoms with Crippen molar-refractivity contribution in [1.82, 2.24) is 24.6 Å². The maximum atomic E-state index is 6.22. The van der Waals surface area contributed by atoms with Crippen LogP contribution in [0.2, 0.25) is 0 Å². The predicted octanol–water partition coefficient (Wildman–Crippen LogP) is 1.36. The Morgan fingerprint density at radius 3 is 2.32 bits per heavy atom. The molecule has 0 bridgehead atoms. The summed E-state index contributed by atoms with van der Waals surface area (Å²) in [6, 6.07) is 12.2. The maximum Gasteiger partial charge on any atom is 0.225 e. The molecule has 144 valence electrons. The molecule has 8 heteroatoms. The van der Waals surface area contributed by atoms with Crippen LogP contribution in [0, 0.1) is 0 Å². The number of hydrogen-bond acceptors (Lipinski definition) is 5. The molecular formula is C20H24N8. The van der Waals surface area contributed by atoms with Gasteiger partial charge in [0.05, 0.1) is 13.1 Å². The molecule has 0 aliphatic carbocycles. The molecule has 0 radical (unpaired) electrons. The average molecular weight is 376 g/mol. The number of hydrogen-bond donors (Lipinski definition) is 1. The van der Waals surface area contributed by atoms with Gasteiger partial charge in [-0.15, -0.1) is 0 Å². The van der Waals surface area contributed by atoms with Crippen molar-refractivity contribution < 1.29 is 0 Å². The van der Waals surface area contributed by atoms with E-state index in [0.717, 1.165) is 44.2 Å². The lowest BCUT2D eigenvalue weighted by molar-refractivity contribution is 0.378. The zero-order valence-electron chi connectivity index (χ0n) is 15.7. The standard InChI is InChI=1S/C20H24N8/c21-19(26-11-13-27(14-12-26)20-22-7-1-8-23-20)24-15-17-3-5-18(6-4-17)16-28-10-2-9-25-28/h1-10H,11-16H2,(H2,21,24). The van der Waals surface area contributed by atoms with Gasteiger partial charge in [-0.05, 0) is 23.3 Å². The van der Waals surface area contributed by atoms with Crippen LogP contribution in [0.15, 0.2) is 66.2 Å². The molecule has 1 fully saturated rings. The molecule has 2 N–H and O–H groups in total. The maximum absolute atomic E-state index is 6.22. The number of anilines is 1. The molecule has 8 nitrogen and oxygen atoms in total. The van der Waals surface area contributed by atoms with Crippen LogP contribution in [0.25, 0.3) is 0 Å². The molecule has 1 aliphatic heterocycles. The summed E-state index contributed by atoms with van der Waals surface area (Å²) in [5.41, 5.74) is 8.57. The smallest absolute Gasteiger partial charge is 0.225 e. The number of aromatic nitrogens is 4. The lowest BCUT2D eigenvalue weighted by atomic mass is 10.1. The Hall–Kier alpha value is -3.42. The minimum absolute atomic E-state index is 0.579. The summed E-state index contributed by atoms with van der Waals surface area (Å²) in [4.78, 5) is 17.5. The molecule has 28 heavy (non-hydrogen) atoms. The first-order valence-electron chi connectivity index (χ1n) is 9.40.